The van der Waals surface area contributed by atoms with E-state index in [0.29, 0.717) is 18.4 Å². The Morgan fingerprint density at radius 2 is 1.50 bits per heavy atom. The molecule has 3 fully saturated rings. The molecule has 2 aromatic rings. The van der Waals surface area contributed by atoms with Crippen molar-refractivity contribution in [3.05, 3.63) is 78.0 Å². The van der Waals surface area contributed by atoms with Crippen LogP contribution in [0.2, 0.25) is 5.04 Å². The molecule has 1 N–H and O–H groups in total. The van der Waals surface area contributed by atoms with Crippen molar-refractivity contribution in [2.45, 2.75) is 103 Å². The Hall–Kier alpha value is -2.11. The first-order chi connectivity index (χ1) is 19.8. The second-order valence-corrected chi connectivity index (χ2v) is 19.7. The molecule has 0 spiro atoms. The zero-order valence-electron chi connectivity index (χ0n) is 26.7. The normalized spacial score (nSPS) is 37.1. The van der Waals surface area contributed by atoms with Gasteiger partial charge in [0.2, 0.25) is 0 Å². The third-order valence-electron chi connectivity index (χ3n) is 12.4. The van der Waals surface area contributed by atoms with Gasteiger partial charge in [0.15, 0.2) is 0 Å². The summed E-state index contributed by atoms with van der Waals surface area (Å²) >= 11 is 0. The fourth-order valence-corrected chi connectivity index (χ4v) is 14.4. The van der Waals surface area contributed by atoms with Crippen molar-refractivity contribution in [2.24, 2.45) is 39.6 Å². The van der Waals surface area contributed by atoms with E-state index < -0.39 is 13.9 Å². The third-order valence-corrected chi connectivity index (χ3v) is 17.5. The maximum Gasteiger partial charge on any atom is 0.261 e. The van der Waals surface area contributed by atoms with Gasteiger partial charge < -0.3 is 9.53 Å². The molecule has 3 aliphatic rings. The van der Waals surface area contributed by atoms with Crippen molar-refractivity contribution in [3.63, 3.8) is 0 Å². The molecule has 0 amide bonds. The van der Waals surface area contributed by atoms with E-state index in [1.165, 1.54) is 10.4 Å². The van der Waals surface area contributed by atoms with E-state index in [1.807, 2.05) is 6.92 Å². The molecule has 5 rings (SSSR count). The number of rotatable bonds is 7. The van der Waals surface area contributed by atoms with Gasteiger partial charge in [0.1, 0.15) is 0 Å². The molecular weight excluding hydrogens is 535 g/mol. The molecule has 227 valence electrons. The second kappa shape index (κ2) is 11.4. The van der Waals surface area contributed by atoms with E-state index in [1.54, 1.807) is 0 Å². The maximum absolute atomic E-state index is 11.4. The minimum atomic E-state index is -2.64. The molecular formula is C36H52N3O2Si. The molecule has 0 unspecified atom stereocenters. The van der Waals surface area contributed by atoms with Crippen LogP contribution in [0.4, 0.5) is 0 Å². The zero-order chi connectivity index (χ0) is 30.4. The van der Waals surface area contributed by atoms with Crippen molar-refractivity contribution in [3.8, 4) is 0 Å². The van der Waals surface area contributed by atoms with Gasteiger partial charge in [-0.05, 0) is 114 Å². The fraction of sp³-hybridized carbons (Fsp3) is 0.639. The van der Waals surface area contributed by atoms with Gasteiger partial charge >= 0.3 is 0 Å². The first-order valence-electron chi connectivity index (χ1n) is 16.2. The van der Waals surface area contributed by atoms with Crippen molar-refractivity contribution >= 4 is 18.7 Å². The van der Waals surface area contributed by atoms with Crippen molar-refractivity contribution < 1.29 is 9.53 Å². The lowest BCUT2D eigenvalue weighted by molar-refractivity contribution is -0.124. The van der Waals surface area contributed by atoms with Crippen LogP contribution in [0.15, 0.2) is 65.8 Å². The quantitative estimate of drug-likeness (QED) is 0.154. The lowest BCUT2D eigenvalue weighted by Gasteiger charge is -2.58. The summed E-state index contributed by atoms with van der Waals surface area (Å²) in [7, 11) is -2.64. The highest BCUT2D eigenvalue weighted by atomic mass is 28.4. The van der Waals surface area contributed by atoms with Gasteiger partial charge in [0.05, 0.1) is 5.60 Å². The molecule has 1 radical (unpaired) electrons. The molecule has 5 nitrogen and oxygen atoms in total. The average molecular weight is 587 g/mol. The molecule has 0 bridgehead atoms. The highest BCUT2D eigenvalue weighted by Crippen LogP contribution is 2.65. The Morgan fingerprint density at radius 3 is 2.02 bits per heavy atom. The second-order valence-electron chi connectivity index (χ2n) is 15.4. The van der Waals surface area contributed by atoms with Gasteiger partial charge in [-0.3, -0.25) is 0 Å². The monoisotopic (exact) mass is 586 g/mol. The van der Waals surface area contributed by atoms with Crippen molar-refractivity contribution in [1.82, 2.24) is 0 Å². The number of benzene rings is 2. The summed E-state index contributed by atoms with van der Waals surface area (Å²) in [5.41, 5.74) is 8.54. The summed E-state index contributed by atoms with van der Waals surface area (Å²) in [4.78, 5) is 3.19. The highest BCUT2D eigenvalue weighted by Gasteiger charge is 2.62. The Labute approximate surface area is 255 Å². The number of hydrogen-bond acceptors (Lipinski definition) is 3. The smallest absolute Gasteiger partial charge is 0.261 e. The summed E-state index contributed by atoms with van der Waals surface area (Å²) in [6, 6.07) is 21.9. The van der Waals surface area contributed by atoms with Crippen LogP contribution in [0.5, 0.6) is 0 Å². The summed E-state index contributed by atoms with van der Waals surface area (Å²) in [6.45, 7) is 19.2. The molecule has 0 heterocycles. The highest BCUT2D eigenvalue weighted by molar-refractivity contribution is 6.99. The van der Waals surface area contributed by atoms with E-state index in [4.69, 9.17) is 11.3 Å². The number of aliphatic hydroxyl groups is 1. The number of fused-ring (bicyclic) bond motifs is 1. The van der Waals surface area contributed by atoms with Crippen LogP contribution in [0.3, 0.4) is 0 Å². The van der Waals surface area contributed by atoms with Crippen LogP contribution in [0.1, 0.15) is 86.5 Å². The predicted molar refractivity (Wildman–Crippen MR) is 175 cm³/mol. The molecule has 0 saturated heterocycles. The molecule has 8 atom stereocenters. The largest absolute Gasteiger partial charge is 0.404 e. The Morgan fingerprint density at radius 1 is 0.929 bits per heavy atom. The fourth-order valence-electron chi connectivity index (χ4n) is 9.65. The van der Waals surface area contributed by atoms with Crippen LogP contribution >= 0.6 is 0 Å². The Balaban J connectivity index is 1.44. The molecule has 42 heavy (non-hydrogen) atoms. The summed E-state index contributed by atoms with van der Waals surface area (Å²) in [5, 5.41) is 18.1. The lowest BCUT2D eigenvalue weighted by Crippen LogP contribution is -2.68. The van der Waals surface area contributed by atoms with Gasteiger partial charge in [0, 0.05) is 17.6 Å². The lowest BCUT2D eigenvalue weighted by atomic mass is 9.48. The standard InChI is InChI=1S/C36H52N3O2Si/c1-26-24-27(41-42(33(2,3)4,28-14-10-8-11-15-28)29-16-12-9-13-17-29)18-21-34(26,5)31-19-22-35(6)32(20-23-36(35,7)40)30(31)25-38-39-37/h8-17,26-27,30-32,40H,1,18-25H2,2-7H3/t26-,27-,30+,31-,32-,34+,35-,36-/m0/s1. The first-order valence-corrected chi connectivity index (χ1v) is 18.1. The van der Waals surface area contributed by atoms with E-state index in [-0.39, 0.29) is 33.8 Å². The topological polar surface area (TPSA) is 78.2 Å². The number of nitrogens with zero attached hydrogens (tertiary/aromatic N) is 3. The van der Waals surface area contributed by atoms with E-state index >= 15 is 0 Å². The van der Waals surface area contributed by atoms with Gasteiger partial charge in [-0.2, -0.15) is 0 Å². The van der Waals surface area contributed by atoms with E-state index in [9.17, 15) is 10.6 Å². The van der Waals surface area contributed by atoms with E-state index in [0.717, 1.165) is 44.9 Å². The molecule has 2 aromatic carbocycles. The van der Waals surface area contributed by atoms with Gasteiger partial charge in [0.25, 0.3) is 8.32 Å². The van der Waals surface area contributed by atoms with Crippen LogP contribution in [0.25, 0.3) is 10.4 Å². The average Bonchev–Trinajstić information content (AvgIpc) is 3.21. The van der Waals surface area contributed by atoms with Gasteiger partial charge in [-0.15, -0.1) is 0 Å². The van der Waals surface area contributed by atoms with Gasteiger partial charge in [-0.1, -0.05) is 100 Å². The van der Waals surface area contributed by atoms with Crippen LogP contribution in [0, 0.1) is 41.4 Å². The third kappa shape index (κ3) is 5.06. The first kappa shape index (κ1) is 31.3. The van der Waals surface area contributed by atoms with Gasteiger partial charge in [-0.25, -0.2) is 0 Å². The van der Waals surface area contributed by atoms with Crippen LogP contribution in [-0.2, 0) is 4.43 Å². The van der Waals surface area contributed by atoms with Crippen molar-refractivity contribution in [1.29, 1.82) is 0 Å². The number of azide groups is 1. The van der Waals surface area contributed by atoms with Crippen molar-refractivity contribution in [2.75, 3.05) is 6.54 Å². The zero-order valence-corrected chi connectivity index (χ0v) is 27.7. The molecule has 0 aromatic heterocycles. The summed E-state index contributed by atoms with van der Waals surface area (Å²) in [5.74, 6) is 1.30. The summed E-state index contributed by atoms with van der Waals surface area (Å²) < 4.78 is 7.57. The minimum Gasteiger partial charge on any atom is -0.404 e. The molecule has 3 aliphatic carbocycles. The maximum atomic E-state index is 11.4. The predicted octanol–water partition coefficient (Wildman–Crippen LogP) is 8.08. The SMILES string of the molecule is [CH2][C@H]1C[C@@H](O[Si](c2ccccc2)(c2ccccc2)C(C)(C)C)CC[C@@]1(C)[C@H]1CC[C@@]2(C)[C@@H](CC[C@]2(C)O)[C@@H]1CN=[N+]=[N-]. The van der Waals surface area contributed by atoms with Crippen LogP contribution < -0.4 is 10.4 Å². The Kier molecular flexibility index (Phi) is 8.52. The van der Waals surface area contributed by atoms with Crippen LogP contribution in [-0.4, -0.2) is 31.7 Å². The van der Waals surface area contributed by atoms with E-state index in [2.05, 4.69) is 105 Å². The molecule has 3 saturated carbocycles. The Bertz CT molecular complexity index is 1230. The number of hydrogen-bond donors (Lipinski definition) is 1. The molecule has 6 heteroatoms. The summed E-state index contributed by atoms with van der Waals surface area (Å²) in [6.07, 6.45) is 7.05. The molecule has 0 aliphatic heterocycles. The minimum absolute atomic E-state index is 0.0384.